The van der Waals surface area contributed by atoms with Gasteiger partial charge in [0, 0.05) is 19.6 Å². The third kappa shape index (κ3) is 7.27. The smallest absolute Gasteiger partial charge is 0.265 e. The van der Waals surface area contributed by atoms with Gasteiger partial charge in [-0.25, -0.2) is 0 Å². The SMILES string of the molecule is CCCCN1C(=O)C(=C/C=C\C=C2\Oc3ccccc3N2CCCS(=O)(=O)O)C(=O)N(CCCC)C1=S. The lowest BCUT2D eigenvalue weighted by Gasteiger charge is -2.36. The van der Waals surface area contributed by atoms with E-state index in [-0.39, 0.29) is 22.9 Å². The van der Waals surface area contributed by atoms with E-state index in [1.165, 1.54) is 15.9 Å². The van der Waals surface area contributed by atoms with E-state index in [2.05, 4.69) is 0 Å². The van der Waals surface area contributed by atoms with Crippen molar-refractivity contribution in [1.29, 1.82) is 0 Å². The van der Waals surface area contributed by atoms with E-state index in [9.17, 15) is 18.0 Å². The highest BCUT2D eigenvalue weighted by molar-refractivity contribution is 7.85. The van der Waals surface area contributed by atoms with Gasteiger partial charge in [-0.1, -0.05) is 51.0 Å². The Morgan fingerprint density at radius 1 is 0.892 bits per heavy atom. The number of thiocarbonyl (C=S) groups is 1. The molecule has 9 nitrogen and oxygen atoms in total. The van der Waals surface area contributed by atoms with Crippen molar-refractivity contribution in [3.63, 3.8) is 0 Å². The first-order valence-corrected chi connectivity index (χ1v) is 14.5. The van der Waals surface area contributed by atoms with Gasteiger partial charge in [0.15, 0.2) is 10.9 Å². The second-order valence-corrected chi connectivity index (χ2v) is 10.7. The third-order valence-electron chi connectivity index (χ3n) is 5.92. The lowest BCUT2D eigenvalue weighted by molar-refractivity contribution is -0.133. The average molecular weight is 548 g/mol. The monoisotopic (exact) mass is 547 g/mol. The van der Waals surface area contributed by atoms with Crippen molar-refractivity contribution in [1.82, 2.24) is 9.80 Å². The molecule has 1 N–H and O–H groups in total. The van der Waals surface area contributed by atoms with E-state index in [0.29, 0.717) is 31.3 Å². The molecule has 11 heteroatoms. The third-order valence-corrected chi connectivity index (χ3v) is 7.16. The molecule has 3 rings (SSSR count). The molecule has 0 spiro atoms. The summed E-state index contributed by atoms with van der Waals surface area (Å²) in [6, 6.07) is 7.33. The van der Waals surface area contributed by atoms with Gasteiger partial charge in [0.2, 0.25) is 5.88 Å². The highest BCUT2D eigenvalue weighted by Crippen LogP contribution is 2.38. The molecular formula is C26H33N3O6S2. The van der Waals surface area contributed by atoms with Crippen LogP contribution in [0.25, 0.3) is 0 Å². The molecule has 2 amide bonds. The van der Waals surface area contributed by atoms with Gasteiger partial charge < -0.3 is 9.64 Å². The number of ether oxygens (including phenoxy) is 1. The summed E-state index contributed by atoms with van der Waals surface area (Å²) in [6.07, 6.45) is 9.98. The quantitative estimate of drug-likeness (QED) is 0.181. The minimum absolute atomic E-state index is 0.0519. The van der Waals surface area contributed by atoms with E-state index in [1.54, 1.807) is 24.3 Å². The molecule has 1 fully saturated rings. The Balaban J connectivity index is 1.81. The maximum Gasteiger partial charge on any atom is 0.265 e. The molecule has 0 aliphatic carbocycles. The molecule has 2 heterocycles. The van der Waals surface area contributed by atoms with Crippen molar-refractivity contribution in [3.05, 3.63) is 60.0 Å². The number of fused-ring (bicyclic) bond motifs is 1. The van der Waals surface area contributed by atoms with Crippen LogP contribution in [0, 0.1) is 0 Å². The molecule has 200 valence electrons. The predicted octanol–water partition coefficient (Wildman–Crippen LogP) is 4.04. The molecule has 1 aromatic carbocycles. The Morgan fingerprint density at radius 2 is 1.46 bits per heavy atom. The van der Waals surface area contributed by atoms with Gasteiger partial charge in [0.05, 0.1) is 11.4 Å². The largest absolute Gasteiger partial charge is 0.439 e. The van der Waals surface area contributed by atoms with Crippen molar-refractivity contribution >= 4 is 45.0 Å². The summed E-state index contributed by atoms with van der Waals surface area (Å²) in [5.74, 6) is -0.0788. The molecule has 0 atom stereocenters. The number of rotatable bonds is 12. The summed E-state index contributed by atoms with van der Waals surface area (Å²) >= 11 is 5.48. The first kappa shape index (κ1) is 28.5. The number of benzene rings is 1. The van der Waals surface area contributed by atoms with Crippen molar-refractivity contribution in [2.24, 2.45) is 0 Å². The number of unbranched alkanes of at least 4 members (excludes halogenated alkanes) is 2. The molecule has 1 aromatic rings. The number of para-hydroxylation sites is 2. The summed E-state index contributed by atoms with van der Waals surface area (Å²) in [5, 5.41) is 0.262. The zero-order valence-electron chi connectivity index (χ0n) is 21.1. The van der Waals surface area contributed by atoms with Gasteiger partial charge in [-0.05, 0) is 55.8 Å². The zero-order chi connectivity index (χ0) is 27.0. The number of hydrogen-bond donors (Lipinski definition) is 1. The standard InChI is InChI=1S/C26H33N3O6S2/c1-3-5-16-28-24(30)20(25(31)29(26(28)36)17-6-4-2)12-7-10-15-23-27(18-11-19-37(32,33)34)21-13-8-9-14-22(21)35-23/h7-10,12-15H,3-6,11,16-19H2,1-2H3,(H,32,33,34)/b10-7-,23-15+. The Hall–Kier alpha value is -3.02. The van der Waals surface area contributed by atoms with Gasteiger partial charge >= 0.3 is 0 Å². The van der Waals surface area contributed by atoms with Gasteiger partial charge in [0.1, 0.15) is 5.57 Å². The summed E-state index contributed by atoms with van der Waals surface area (Å²) in [5.41, 5.74) is 0.830. The molecular weight excluding hydrogens is 514 g/mol. The maximum atomic E-state index is 13.1. The van der Waals surface area contributed by atoms with E-state index in [0.717, 1.165) is 31.4 Å². The van der Waals surface area contributed by atoms with Crippen molar-refractivity contribution in [2.75, 3.05) is 30.3 Å². The fourth-order valence-electron chi connectivity index (χ4n) is 3.97. The summed E-state index contributed by atoms with van der Waals surface area (Å²) in [4.78, 5) is 31.0. The van der Waals surface area contributed by atoms with Crippen LogP contribution in [-0.4, -0.2) is 65.1 Å². The fourth-order valence-corrected chi connectivity index (χ4v) is 4.82. The van der Waals surface area contributed by atoms with Crippen LogP contribution in [0.15, 0.2) is 60.0 Å². The number of amides is 2. The minimum Gasteiger partial charge on any atom is -0.439 e. The Labute approximate surface area is 223 Å². The van der Waals surface area contributed by atoms with Crippen molar-refractivity contribution in [2.45, 2.75) is 46.0 Å². The van der Waals surface area contributed by atoms with Crippen molar-refractivity contribution < 1.29 is 27.3 Å². The minimum atomic E-state index is -4.07. The van der Waals surface area contributed by atoms with Gasteiger partial charge in [-0.3, -0.25) is 23.9 Å². The number of anilines is 1. The molecule has 0 radical (unpaired) electrons. The Bertz CT molecular complexity index is 1190. The lowest BCUT2D eigenvalue weighted by Crippen LogP contribution is -2.56. The molecule has 1 saturated heterocycles. The van der Waals surface area contributed by atoms with Gasteiger partial charge in [-0.15, -0.1) is 0 Å². The normalized spacial score (nSPS) is 17.3. The Kier molecular flexibility index (Phi) is 10.0. The van der Waals surface area contributed by atoms with Crippen LogP contribution in [0.3, 0.4) is 0 Å². The predicted molar refractivity (Wildman–Crippen MR) is 147 cm³/mol. The van der Waals surface area contributed by atoms with Gasteiger partial charge in [-0.2, -0.15) is 8.42 Å². The van der Waals surface area contributed by atoms with E-state index < -0.39 is 21.9 Å². The van der Waals surface area contributed by atoms with Crippen LogP contribution < -0.4 is 9.64 Å². The van der Waals surface area contributed by atoms with E-state index in [1.807, 2.05) is 36.9 Å². The highest BCUT2D eigenvalue weighted by Gasteiger charge is 2.38. The first-order valence-electron chi connectivity index (χ1n) is 12.4. The number of hydrogen-bond acceptors (Lipinski definition) is 7. The highest BCUT2D eigenvalue weighted by atomic mass is 32.2. The van der Waals surface area contributed by atoms with E-state index >= 15 is 0 Å². The van der Waals surface area contributed by atoms with Crippen LogP contribution in [0.5, 0.6) is 5.75 Å². The van der Waals surface area contributed by atoms with E-state index in [4.69, 9.17) is 21.5 Å². The number of nitrogens with zero attached hydrogens (tertiary/aromatic N) is 3. The maximum absolute atomic E-state index is 13.1. The fraction of sp³-hybridized carbons (Fsp3) is 0.423. The van der Waals surface area contributed by atoms with Gasteiger partial charge in [0.25, 0.3) is 21.9 Å². The average Bonchev–Trinajstić information content (AvgIpc) is 3.20. The van der Waals surface area contributed by atoms with Crippen molar-refractivity contribution in [3.8, 4) is 5.75 Å². The lowest BCUT2D eigenvalue weighted by atomic mass is 10.1. The van der Waals surface area contributed by atoms with Crippen LogP contribution in [-0.2, 0) is 19.7 Å². The topological polar surface area (TPSA) is 107 Å². The molecule has 2 aliphatic heterocycles. The molecule has 0 saturated carbocycles. The molecule has 0 bridgehead atoms. The number of allylic oxidation sites excluding steroid dienone is 4. The Morgan fingerprint density at radius 3 is 2.05 bits per heavy atom. The number of carbonyl (C=O) groups excluding carboxylic acids is 2. The zero-order valence-corrected chi connectivity index (χ0v) is 22.8. The summed E-state index contributed by atoms with van der Waals surface area (Å²) in [6.45, 7) is 5.28. The van der Waals surface area contributed by atoms with Crippen LogP contribution in [0.4, 0.5) is 5.69 Å². The summed E-state index contributed by atoms with van der Waals surface area (Å²) in [7, 11) is -4.07. The van der Waals surface area contributed by atoms with Crippen LogP contribution in [0.2, 0.25) is 0 Å². The second kappa shape index (κ2) is 13.0. The van der Waals surface area contributed by atoms with Crippen LogP contribution in [0.1, 0.15) is 46.0 Å². The molecule has 0 unspecified atom stereocenters. The molecule has 0 aromatic heterocycles. The van der Waals surface area contributed by atoms with Crippen LogP contribution >= 0.6 is 12.2 Å². The molecule has 37 heavy (non-hydrogen) atoms. The first-order chi connectivity index (χ1) is 17.7. The second-order valence-electron chi connectivity index (χ2n) is 8.73. The summed E-state index contributed by atoms with van der Waals surface area (Å²) < 4.78 is 37.2. The molecule has 2 aliphatic rings. The number of carbonyl (C=O) groups is 2.